The van der Waals surface area contributed by atoms with Gasteiger partial charge in [-0.1, -0.05) is 0 Å². The van der Waals surface area contributed by atoms with Crippen molar-refractivity contribution in [2.24, 2.45) is 0 Å². The second-order valence-corrected chi connectivity index (χ2v) is 2.03. The minimum absolute atomic E-state index is 0.926. The van der Waals surface area contributed by atoms with Crippen LogP contribution in [-0.2, 0) is 4.79 Å². The van der Waals surface area contributed by atoms with Crippen molar-refractivity contribution in [1.29, 1.82) is 0 Å². The van der Waals surface area contributed by atoms with Gasteiger partial charge in [-0.15, -0.1) is 0 Å². The van der Waals surface area contributed by atoms with Crippen LogP contribution in [-0.4, -0.2) is 16.8 Å². The molecule has 3 nitrogen and oxygen atoms in total. The van der Waals surface area contributed by atoms with Gasteiger partial charge >= 0.3 is 12.1 Å². The Morgan fingerprint density at radius 1 is 1.25 bits per heavy atom. The van der Waals surface area contributed by atoms with Gasteiger partial charge in [-0.3, -0.25) is 14.9 Å². The van der Waals surface area contributed by atoms with E-state index in [0.29, 0.717) is 0 Å². The third kappa shape index (κ3) is 2.01. The zero-order valence-corrected chi connectivity index (χ0v) is 5.80. The number of halogens is 3. The number of carbonyl (C=O) groups excluding carboxylic acids is 1. The lowest BCUT2D eigenvalue weighted by molar-refractivity contribution is -0.168. The van der Waals surface area contributed by atoms with E-state index in [1.54, 1.807) is 5.43 Å². The van der Waals surface area contributed by atoms with E-state index in [1.807, 2.05) is 0 Å². The first-order valence-corrected chi connectivity index (χ1v) is 3.01. The molecule has 0 aromatic carbocycles. The second kappa shape index (κ2) is 2.88. The SMILES string of the molecule is O=C(Nn1cccc1)C(F)(F)F. The Balaban J connectivity index is 2.60. The van der Waals surface area contributed by atoms with E-state index in [-0.39, 0.29) is 0 Å². The number of hydrogen-bond acceptors (Lipinski definition) is 1. The van der Waals surface area contributed by atoms with Crippen LogP contribution in [0.25, 0.3) is 0 Å². The zero-order chi connectivity index (χ0) is 9.19. The lowest BCUT2D eigenvalue weighted by Crippen LogP contribution is -2.34. The molecule has 0 unspecified atom stereocenters. The number of nitrogens with one attached hydrogen (secondary N) is 1. The highest BCUT2D eigenvalue weighted by Crippen LogP contribution is 2.14. The maximum Gasteiger partial charge on any atom is 0.472 e. The number of carbonyl (C=O) groups is 1. The number of amides is 1. The van der Waals surface area contributed by atoms with Gasteiger partial charge in [0, 0.05) is 12.4 Å². The smallest absolute Gasteiger partial charge is 0.268 e. The quantitative estimate of drug-likeness (QED) is 0.686. The lowest BCUT2D eigenvalue weighted by Gasteiger charge is -2.07. The summed E-state index contributed by atoms with van der Waals surface area (Å²) in [6, 6.07) is 2.99. The lowest BCUT2D eigenvalue weighted by atomic mass is 10.6. The number of hydrogen-bond donors (Lipinski definition) is 1. The second-order valence-electron chi connectivity index (χ2n) is 2.03. The minimum atomic E-state index is -4.84. The summed E-state index contributed by atoms with van der Waals surface area (Å²) in [5, 5.41) is 0. The van der Waals surface area contributed by atoms with Gasteiger partial charge < -0.3 is 0 Å². The highest BCUT2D eigenvalue weighted by atomic mass is 19.4. The molecule has 0 saturated carbocycles. The molecule has 0 aliphatic heterocycles. The van der Waals surface area contributed by atoms with Gasteiger partial charge in [-0.2, -0.15) is 13.2 Å². The topological polar surface area (TPSA) is 34.0 Å². The molecule has 0 fully saturated rings. The van der Waals surface area contributed by atoms with E-state index in [4.69, 9.17) is 0 Å². The van der Waals surface area contributed by atoms with E-state index >= 15 is 0 Å². The Morgan fingerprint density at radius 3 is 2.17 bits per heavy atom. The van der Waals surface area contributed by atoms with Crippen LogP contribution in [0.4, 0.5) is 13.2 Å². The molecular formula is C6H5F3N2O. The minimum Gasteiger partial charge on any atom is -0.268 e. The number of rotatable bonds is 1. The molecule has 12 heavy (non-hydrogen) atoms. The van der Waals surface area contributed by atoms with Crippen molar-refractivity contribution < 1.29 is 18.0 Å². The van der Waals surface area contributed by atoms with Crippen molar-refractivity contribution in [3.8, 4) is 0 Å². The fourth-order valence-corrected chi connectivity index (χ4v) is 0.590. The molecule has 1 rings (SSSR count). The maximum absolute atomic E-state index is 11.6. The molecule has 0 aliphatic rings. The fourth-order valence-electron chi connectivity index (χ4n) is 0.590. The highest BCUT2D eigenvalue weighted by Gasteiger charge is 2.38. The molecule has 0 atom stereocenters. The Hall–Kier alpha value is -1.46. The molecule has 1 heterocycles. The first-order valence-electron chi connectivity index (χ1n) is 3.01. The van der Waals surface area contributed by atoms with Crippen LogP contribution in [0.5, 0.6) is 0 Å². The summed E-state index contributed by atoms with van der Waals surface area (Å²) >= 11 is 0. The zero-order valence-electron chi connectivity index (χ0n) is 5.80. The van der Waals surface area contributed by atoms with Gasteiger partial charge in [0.25, 0.3) is 0 Å². The Labute approximate surface area is 65.8 Å². The summed E-state index contributed by atoms with van der Waals surface area (Å²) < 4.78 is 35.8. The van der Waals surface area contributed by atoms with Crippen LogP contribution < -0.4 is 5.43 Å². The molecule has 0 aliphatic carbocycles. The molecule has 1 aromatic rings. The van der Waals surface area contributed by atoms with E-state index in [2.05, 4.69) is 0 Å². The molecule has 6 heteroatoms. The molecular weight excluding hydrogens is 173 g/mol. The average Bonchev–Trinajstić information content (AvgIpc) is 2.37. The predicted molar refractivity (Wildman–Crippen MR) is 34.9 cm³/mol. The Kier molecular flexibility index (Phi) is 2.07. The van der Waals surface area contributed by atoms with Crippen molar-refractivity contribution >= 4 is 5.91 Å². The van der Waals surface area contributed by atoms with Gasteiger partial charge in [-0.05, 0) is 12.1 Å². The first kappa shape index (κ1) is 8.63. The van der Waals surface area contributed by atoms with Crippen molar-refractivity contribution in [3.05, 3.63) is 24.5 Å². The summed E-state index contributed by atoms with van der Waals surface area (Å²) in [5.74, 6) is -1.99. The molecule has 0 radical (unpaired) electrons. The summed E-state index contributed by atoms with van der Waals surface area (Å²) in [6.07, 6.45) is -2.25. The number of aromatic nitrogens is 1. The van der Waals surface area contributed by atoms with Crippen LogP contribution in [0, 0.1) is 0 Å². The van der Waals surface area contributed by atoms with Gasteiger partial charge in [-0.25, -0.2) is 0 Å². The number of alkyl halides is 3. The van der Waals surface area contributed by atoms with E-state index in [0.717, 1.165) is 4.68 Å². The van der Waals surface area contributed by atoms with E-state index < -0.39 is 12.1 Å². The summed E-state index contributed by atoms with van der Waals surface area (Å²) in [4.78, 5) is 10.3. The van der Waals surface area contributed by atoms with Gasteiger partial charge in [0.1, 0.15) is 0 Å². The van der Waals surface area contributed by atoms with Crippen molar-refractivity contribution in [1.82, 2.24) is 4.68 Å². The fraction of sp³-hybridized carbons (Fsp3) is 0.167. The van der Waals surface area contributed by atoms with Crippen LogP contribution >= 0.6 is 0 Å². The molecule has 0 bridgehead atoms. The van der Waals surface area contributed by atoms with Crippen LogP contribution in [0.3, 0.4) is 0 Å². The first-order chi connectivity index (χ1) is 5.50. The standard InChI is InChI=1S/C6H5F3N2O/c7-6(8,9)5(12)10-11-3-1-2-4-11/h1-4H,(H,10,12). The van der Waals surface area contributed by atoms with Crippen LogP contribution in [0.15, 0.2) is 24.5 Å². The Morgan fingerprint density at radius 2 is 1.75 bits per heavy atom. The molecule has 1 aromatic heterocycles. The average molecular weight is 178 g/mol. The number of nitrogens with zero attached hydrogens (tertiary/aromatic N) is 1. The van der Waals surface area contributed by atoms with Gasteiger partial charge in [0.15, 0.2) is 0 Å². The van der Waals surface area contributed by atoms with Crippen LogP contribution in [0.1, 0.15) is 0 Å². The largest absolute Gasteiger partial charge is 0.472 e. The monoisotopic (exact) mass is 178 g/mol. The molecule has 1 amide bonds. The summed E-state index contributed by atoms with van der Waals surface area (Å²) in [5.41, 5.74) is 1.61. The van der Waals surface area contributed by atoms with E-state index in [9.17, 15) is 18.0 Å². The van der Waals surface area contributed by atoms with E-state index in [1.165, 1.54) is 24.5 Å². The summed E-state index contributed by atoms with van der Waals surface area (Å²) in [7, 11) is 0. The van der Waals surface area contributed by atoms with Crippen molar-refractivity contribution in [2.45, 2.75) is 6.18 Å². The predicted octanol–water partition coefficient (Wildman–Crippen LogP) is 1.12. The highest BCUT2D eigenvalue weighted by molar-refractivity contribution is 5.88. The third-order valence-electron chi connectivity index (χ3n) is 1.09. The third-order valence-corrected chi connectivity index (χ3v) is 1.09. The van der Waals surface area contributed by atoms with Crippen LogP contribution in [0.2, 0.25) is 0 Å². The normalized spacial score (nSPS) is 11.2. The summed E-state index contributed by atoms with van der Waals surface area (Å²) in [6.45, 7) is 0. The molecule has 66 valence electrons. The molecule has 0 spiro atoms. The molecule has 0 saturated heterocycles. The van der Waals surface area contributed by atoms with Gasteiger partial charge in [0.2, 0.25) is 0 Å². The van der Waals surface area contributed by atoms with Crippen molar-refractivity contribution in [2.75, 3.05) is 5.43 Å². The Bertz CT molecular complexity index is 265. The van der Waals surface area contributed by atoms with Crippen molar-refractivity contribution in [3.63, 3.8) is 0 Å². The van der Waals surface area contributed by atoms with Gasteiger partial charge in [0.05, 0.1) is 0 Å². The molecule has 1 N–H and O–H groups in total. The maximum atomic E-state index is 11.6.